The number of ether oxygens (including phenoxy) is 1. The molecule has 0 spiro atoms. The summed E-state index contributed by atoms with van der Waals surface area (Å²) in [6.07, 6.45) is 0.712. The van der Waals surface area contributed by atoms with Gasteiger partial charge in [-0.15, -0.1) is 0 Å². The fourth-order valence-corrected chi connectivity index (χ4v) is 1.37. The molecule has 0 saturated carbocycles. The van der Waals surface area contributed by atoms with Gasteiger partial charge in [0.1, 0.15) is 0 Å². The van der Waals surface area contributed by atoms with Gasteiger partial charge in [-0.25, -0.2) is 0 Å². The van der Waals surface area contributed by atoms with Crippen molar-refractivity contribution in [1.29, 1.82) is 0 Å². The van der Waals surface area contributed by atoms with Crippen LogP contribution in [0.25, 0.3) is 0 Å². The van der Waals surface area contributed by atoms with E-state index in [0.717, 1.165) is 5.56 Å². The molecule has 0 aliphatic heterocycles. The van der Waals surface area contributed by atoms with Crippen LogP contribution in [0.2, 0.25) is 0 Å². The second-order valence-electron chi connectivity index (χ2n) is 3.59. The largest absolute Gasteiger partial charge is 0.504 e. The van der Waals surface area contributed by atoms with E-state index in [2.05, 4.69) is 0 Å². The predicted octanol–water partition coefficient (Wildman–Crippen LogP) is 2.23. The van der Waals surface area contributed by atoms with Crippen molar-refractivity contribution < 1.29 is 14.6 Å². The second-order valence-corrected chi connectivity index (χ2v) is 3.59. The average molecular weight is 220 g/mol. The summed E-state index contributed by atoms with van der Waals surface area (Å²) in [5.74, 6) is -0.113. The topological polar surface area (TPSA) is 46.5 Å². The van der Waals surface area contributed by atoms with Crippen molar-refractivity contribution in [2.24, 2.45) is 0 Å². The number of hydrogen-bond donors (Lipinski definition) is 1. The number of Topliss-reactive ketones (excluding diaryl/α,β-unsaturated/α-hetero) is 1. The third-order valence-electron chi connectivity index (χ3n) is 2.30. The zero-order chi connectivity index (χ0) is 12.0. The van der Waals surface area contributed by atoms with Crippen LogP contribution in [0.15, 0.2) is 42.2 Å². The minimum absolute atomic E-state index is 0.0791. The Morgan fingerprint density at radius 2 is 2.06 bits per heavy atom. The first-order valence-corrected chi connectivity index (χ1v) is 5.11. The number of allylic oxidation sites excluding steroid dienone is 1. The average Bonchev–Trinajstić information content (AvgIpc) is 2.30. The van der Waals surface area contributed by atoms with Gasteiger partial charge in [0.25, 0.3) is 0 Å². The van der Waals surface area contributed by atoms with E-state index in [0.29, 0.717) is 5.57 Å². The first-order chi connectivity index (χ1) is 7.65. The highest BCUT2D eigenvalue weighted by molar-refractivity contribution is 5.94. The van der Waals surface area contributed by atoms with Crippen molar-refractivity contribution in [2.75, 3.05) is 7.11 Å². The molecule has 1 rings (SSSR count). The van der Waals surface area contributed by atoms with E-state index in [1.807, 2.05) is 18.2 Å². The molecule has 0 aliphatic carbocycles. The highest BCUT2D eigenvalue weighted by Crippen LogP contribution is 2.18. The maximum absolute atomic E-state index is 11.6. The van der Waals surface area contributed by atoms with Gasteiger partial charge in [0.2, 0.25) is 0 Å². The molecule has 0 fully saturated rings. The van der Waals surface area contributed by atoms with Crippen molar-refractivity contribution in [3.8, 4) is 0 Å². The molecule has 0 heterocycles. The first kappa shape index (κ1) is 12.5. The number of aliphatic hydroxyl groups is 1. The standard InChI is InChI=1S/C13H16O3/c1-10(9-16-2)12(14)8-13(15)11-6-4-3-5-7-11/h3-7,9,13,15H,8H2,1-2H3/b10-9+. The summed E-state index contributed by atoms with van der Waals surface area (Å²) in [6.45, 7) is 1.67. The molecule has 0 aliphatic rings. The molecule has 0 aromatic heterocycles. The molecule has 1 atom stereocenters. The van der Waals surface area contributed by atoms with Gasteiger partial charge in [-0.2, -0.15) is 0 Å². The Morgan fingerprint density at radius 3 is 2.62 bits per heavy atom. The Hall–Kier alpha value is -1.61. The third kappa shape index (κ3) is 3.51. The summed E-state index contributed by atoms with van der Waals surface area (Å²) >= 11 is 0. The van der Waals surface area contributed by atoms with E-state index in [1.54, 1.807) is 19.1 Å². The van der Waals surface area contributed by atoms with Gasteiger partial charge in [-0.1, -0.05) is 30.3 Å². The number of methoxy groups -OCH3 is 1. The summed E-state index contributed by atoms with van der Waals surface area (Å²) in [4.78, 5) is 11.6. The molecular weight excluding hydrogens is 204 g/mol. The number of rotatable bonds is 5. The van der Waals surface area contributed by atoms with Gasteiger partial charge in [0, 0.05) is 12.0 Å². The van der Waals surface area contributed by atoms with Gasteiger partial charge in [0.15, 0.2) is 5.78 Å². The van der Waals surface area contributed by atoms with Crippen LogP contribution in [-0.2, 0) is 9.53 Å². The Balaban J connectivity index is 2.62. The highest BCUT2D eigenvalue weighted by Gasteiger charge is 2.13. The molecule has 1 aromatic carbocycles. The van der Waals surface area contributed by atoms with Gasteiger partial charge < -0.3 is 9.84 Å². The monoisotopic (exact) mass is 220 g/mol. The minimum Gasteiger partial charge on any atom is -0.504 e. The Bertz CT molecular complexity index is 368. The van der Waals surface area contributed by atoms with Gasteiger partial charge in [-0.3, -0.25) is 4.79 Å². The van der Waals surface area contributed by atoms with E-state index < -0.39 is 6.10 Å². The van der Waals surface area contributed by atoms with E-state index in [9.17, 15) is 9.90 Å². The molecule has 86 valence electrons. The number of ketones is 1. The van der Waals surface area contributed by atoms with Crippen LogP contribution in [-0.4, -0.2) is 18.0 Å². The molecular formula is C13H16O3. The molecule has 1 N–H and O–H groups in total. The fourth-order valence-electron chi connectivity index (χ4n) is 1.37. The molecule has 0 bridgehead atoms. The van der Waals surface area contributed by atoms with Crippen LogP contribution in [0.5, 0.6) is 0 Å². The molecule has 0 radical (unpaired) electrons. The number of carbonyl (C=O) groups excluding carboxylic acids is 1. The number of carbonyl (C=O) groups is 1. The predicted molar refractivity (Wildman–Crippen MR) is 61.8 cm³/mol. The maximum atomic E-state index is 11.6. The van der Waals surface area contributed by atoms with Crippen molar-refractivity contribution in [1.82, 2.24) is 0 Å². The Morgan fingerprint density at radius 1 is 1.44 bits per heavy atom. The summed E-state index contributed by atoms with van der Waals surface area (Å²) in [5.41, 5.74) is 1.26. The molecule has 0 saturated heterocycles. The molecule has 0 amide bonds. The van der Waals surface area contributed by atoms with Crippen LogP contribution in [0, 0.1) is 0 Å². The fraction of sp³-hybridized carbons (Fsp3) is 0.308. The molecule has 1 aromatic rings. The number of aliphatic hydroxyl groups excluding tert-OH is 1. The van der Waals surface area contributed by atoms with Crippen LogP contribution in [0.3, 0.4) is 0 Å². The second kappa shape index (κ2) is 6.08. The number of hydrogen-bond acceptors (Lipinski definition) is 3. The summed E-state index contributed by atoms with van der Waals surface area (Å²) in [7, 11) is 1.49. The lowest BCUT2D eigenvalue weighted by Crippen LogP contribution is -2.07. The van der Waals surface area contributed by atoms with Crippen molar-refractivity contribution in [3.63, 3.8) is 0 Å². The molecule has 1 unspecified atom stereocenters. The minimum atomic E-state index is -0.756. The smallest absolute Gasteiger partial charge is 0.164 e. The van der Waals surface area contributed by atoms with E-state index in [1.165, 1.54) is 13.4 Å². The number of benzene rings is 1. The zero-order valence-electron chi connectivity index (χ0n) is 9.51. The lowest BCUT2D eigenvalue weighted by molar-refractivity contribution is -0.117. The van der Waals surface area contributed by atoms with Crippen molar-refractivity contribution in [3.05, 3.63) is 47.7 Å². The molecule has 3 nitrogen and oxygen atoms in total. The van der Waals surface area contributed by atoms with E-state index in [4.69, 9.17) is 4.74 Å². The lowest BCUT2D eigenvalue weighted by Gasteiger charge is -2.09. The summed E-state index contributed by atoms with van der Waals surface area (Å²) in [5, 5.41) is 9.82. The zero-order valence-corrected chi connectivity index (χ0v) is 9.51. The molecule has 16 heavy (non-hydrogen) atoms. The van der Waals surface area contributed by atoms with Crippen LogP contribution in [0.1, 0.15) is 25.0 Å². The Kier molecular flexibility index (Phi) is 4.73. The first-order valence-electron chi connectivity index (χ1n) is 5.11. The van der Waals surface area contributed by atoms with Gasteiger partial charge in [0.05, 0.1) is 19.5 Å². The maximum Gasteiger partial charge on any atom is 0.164 e. The van der Waals surface area contributed by atoms with Crippen molar-refractivity contribution in [2.45, 2.75) is 19.4 Å². The highest BCUT2D eigenvalue weighted by atomic mass is 16.5. The SMILES string of the molecule is CO/C=C(\C)C(=O)CC(O)c1ccccc1. The summed E-state index contributed by atoms with van der Waals surface area (Å²) < 4.78 is 4.75. The normalized spacial score (nSPS) is 13.3. The van der Waals surface area contributed by atoms with Crippen LogP contribution < -0.4 is 0 Å². The third-order valence-corrected chi connectivity index (χ3v) is 2.30. The van der Waals surface area contributed by atoms with E-state index >= 15 is 0 Å². The Labute approximate surface area is 95.4 Å². The van der Waals surface area contributed by atoms with Crippen LogP contribution in [0.4, 0.5) is 0 Å². The lowest BCUT2D eigenvalue weighted by atomic mass is 10.0. The van der Waals surface area contributed by atoms with E-state index in [-0.39, 0.29) is 12.2 Å². The quantitative estimate of drug-likeness (QED) is 0.611. The van der Waals surface area contributed by atoms with Gasteiger partial charge >= 0.3 is 0 Å². The summed E-state index contributed by atoms with van der Waals surface area (Å²) in [6, 6.07) is 9.14. The van der Waals surface area contributed by atoms with Gasteiger partial charge in [-0.05, 0) is 12.5 Å². The van der Waals surface area contributed by atoms with Crippen LogP contribution >= 0.6 is 0 Å². The van der Waals surface area contributed by atoms with Crippen molar-refractivity contribution >= 4 is 5.78 Å². The molecule has 3 heteroatoms.